The normalized spacial score (nSPS) is 22.8. The summed E-state index contributed by atoms with van der Waals surface area (Å²) in [5.74, 6) is 2.09. The zero-order chi connectivity index (χ0) is 15.2. The lowest BCUT2D eigenvalue weighted by Crippen LogP contribution is -2.42. The first-order valence-corrected chi connectivity index (χ1v) is 7.82. The van der Waals surface area contributed by atoms with E-state index in [2.05, 4.69) is 24.1 Å². The highest BCUT2D eigenvalue weighted by molar-refractivity contribution is 5.93. The van der Waals surface area contributed by atoms with Gasteiger partial charge in [0, 0.05) is 13.1 Å². The molecule has 116 valence electrons. The Morgan fingerprint density at radius 3 is 2.62 bits per heavy atom. The van der Waals surface area contributed by atoms with Crippen LogP contribution < -0.4 is 10.1 Å². The number of nitrogens with one attached hydrogen (secondary N) is 1. The Balaban J connectivity index is 1.92. The van der Waals surface area contributed by atoms with Crippen LogP contribution in [0, 0.1) is 11.8 Å². The molecule has 21 heavy (non-hydrogen) atoms. The van der Waals surface area contributed by atoms with Gasteiger partial charge in [-0.05, 0) is 37.3 Å². The van der Waals surface area contributed by atoms with Gasteiger partial charge in [0.2, 0.25) is 5.91 Å². The highest BCUT2D eigenvalue weighted by Crippen LogP contribution is 2.24. The van der Waals surface area contributed by atoms with Crippen LogP contribution in [0.5, 0.6) is 5.75 Å². The lowest BCUT2D eigenvalue weighted by molar-refractivity contribution is -0.117. The van der Waals surface area contributed by atoms with Gasteiger partial charge >= 0.3 is 0 Å². The lowest BCUT2D eigenvalue weighted by Gasteiger charge is -2.34. The number of likely N-dealkylation sites (tertiary alicyclic amines) is 1. The SMILES string of the molecule is CCOc1ccccc1NC(=O)CN1C[C@@H](C)C[C@H](C)C1. The van der Waals surface area contributed by atoms with Gasteiger partial charge in [0.25, 0.3) is 0 Å². The largest absolute Gasteiger partial charge is 0.492 e. The first-order chi connectivity index (χ1) is 10.1. The van der Waals surface area contributed by atoms with Crippen LogP contribution >= 0.6 is 0 Å². The summed E-state index contributed by atoms with van der Waals surface area (Å²) in [4.78, 5) is 14.5. The smallest absolute Gasteiger partial charge is 0.238 e. The monoisotopic (exact) mass is 290 g/mol. The molecule has 4 heteroatoms. The summed E-state index contributed by atoms with van der Waals surface area (Å²) >= 11 is 0. The van der Waals surface area contributed by atoms with E-state index in [1.165, 1.54) is 6.42 Å². The van der Waals surface area contributed by atoms with Crippen molar-refractivity contribution in [2.24, 2.45) is 11.8 Å². The van der Waals surface area contributed by atoms with Crippen molar-refractivity contribution in [1.82, 2.24) is 4.90 Å². The summed E-state index contributed by atoms with van der Waals surface area (Å²) in [6.45, 7) is 9.50. The third-order valence-corrected chi connectivity index (χ3v) is 3.77. The van der Waals surface area contributed by atoms with E-state index in [4.69, 9.17) is 4.74 Å². The van der Waals surface area contributed by atoms with Crippen molar-refractivity contribution < 1.29 is 9.53 Å². The van der Waals surface area contributed by atoms with Crippen LogP contribution in [0.3, 0.4) is 0 Å². The highest BCUT2D eigenvalue weighted by Gasteiger charge is 2.23. The van der Waals surface area contributed by atoms with Crippen molar-refractivity contribution in [1.29, 1.82) is 0 Å². The van der Waals surface area contributed by atoms with E-state index < -0.39 is 0 Å². The Morgan fingerprint density at radius 2 is 1.95 bits per heavy atom. The molecule has 0 aliphatic carbocycles. The zero-order valence-corrected chi connectivity index (χ0v) is 13.3. The number of carbonyl (C=O) groups excluding carboxylic acids is 1. The van der Waals surface area contributed by atoms with Crippen LogP contribution in [-0.4, -0.2) is 37.0 Å². The van der Waals surface area contributed by atoms with Crippen molar-refractivity contribution in [2.45, 2.75) is 27.2 Å². The van der Waals surface area contributed by atoms with Gasteiger partial charge in [-0.1, -0.05) is 26.0 Å². The van der Waals surface area contributed by atoms with Crippen molar-refractivity contribution in [3.05, 3.63) is 24.3 Å². The molecule has 1 aromatic rings. The molecule has 2 atom stereocenters. The summed E-state index contributed by atoms with van der Waals surface area (Å²) < 4.78 is 5.53. The van der Waals surface area contributed by atoms with Gasteiger partial charge in [-0.25, -0.2) is 0 Å². The summed E-state index contributed by atoms with van der Waals surface area (Å²) in [6.07, 6.45) is 1.26. The Labute approximate surface area is 127 Å². The zero-order valence-electron chi connectivity index (χ0n) is 13.3. The van der Waals surface area contributed by atoms with E-state index in [1.54, 1.807) is 0 Å². The number of para-hydroxylation sites is 2. The maximum Gasteiger partial charge on any atom is 0.238 e. The second-order valence-corrected chi connectivity index (χ2v) is 6.12. The van der Waals surface area contributed by atoms with Crippen LogP contribution in [0.1, 0.15) is 27.2 Å². The Morgan fingerprint density at radius 1 is 1.29 bits per heavy atom. The molecule has 0 unspecified atom stereocenters. The number of piperidine rings is 1. The maximum atomic E-state index is 12.2. The summed E-state index contributed by atoms with van der Waals surface area (Å²) in [5.41, 5.74) is 0.752. The average Bonchev–Trinajstić information content (AvgIpc) is 2.40. The summed E-state index contributed by atoms with van der Waals surface area (Å²) in [5, 5.41) is 2.97. The molecule has 4 nitrogen and oxygen atoms in total. The number of hydrogen-bond acceptors (Lipinski definition) is 3. The van der Waals surface area contributed by atoms with Crippen molar-refractivity contribution in [2.75, 3.05) is 31.6 Å². The van der Waals surface area contributed by atoms with Crippen LogP contribution in [0.2, 0.25) is 0 Å². The molecule has 2 rings (SSSR count). The van der Waals surface area contributed by atoms with Crippen molar-refractivity contribution in [3.63, 3.8) is 0 Å². The number of anilines is 1. The van der Waals surface area contributed by atoms with Gasteiger partial charge in [0.05, 0.1) is 18.8 Å². The third-order valence-electron chi connectivity index (χ3n) is 3.77. The molecule has 1 aromatic carbocycles. The molecule has 1 N–H and O–H groups in total. The molecule has 0 saturated carbocycles. The van der Waals surface area contributed by atoms with Gasteiger partial charge in [-0.3, -0.25) is 9.69 Å². The maximum absolute atomic E-state index is 12.2. The van der Waals surface area contributed by atoms with Crippen LogP contribution in [0.4, 0.5) is 5.69 Å². The van der Waals surface area contributed by atoms with Gasteiger partial charge in [0.15, 0.2) is 0 Å². The van der Waals surface area contributed by atoms with E-state index in [9.17, 15) is 4.79 Å². The minimum absolute atomic E-state index is 0.0310. The first kappa shape index (κ1) is 15.8. The number of benzene rings is 1. The molecule has 1 amide bonds. The molecule has 0 aromatic heterocycles. The minimum atomic E-state index is 0.0310. The number of nitrogens with zero attached hydrogens (tertiary/aromatic N) is 1. The molecule has 1 fully saturated rings. The molecule has 1 heterocycles. The van der Waals surface area contributed by atoms with Gasteiger partial charge in [-0.15, -0.1) is 0 Å². The second-order valence-electron chi connectivity index (χ2n) is 6.12. The van der Waals surface area contributed by atoms with E-state index >= 15 is 0 Å². The Hall–Kier alpha value is -1.55. The van der Waals surface area contributed by atoms with Gasteiger partial charge < -0.3 is 10.1 Å². The topological polar surface area (TPSA) is 41.6 Å². The fourth-order valence-corrected chi connectivity index (χ4v) is 3.17. The van der Waals surface area contributed by atoms with Crippen LogP contribution in [-0.2, 0) is 4.79 Å². The molecule has 0 radical (unpaired) electrons. The molecule has 0 bridgehead atoms. The Kier molecular flexibility index (Phi) is 5.62. The first-order valence-electron chi connectivity index (χ1n) is 7.82. The fraction of sp³-hybridized carbons (Fsp3) is 0.588. The van der Waals surface area contributed by atoms with E-state index in [0.29, 0.717) is 25.0 Å². The number of amides is 1. The number of hydrogen-bond donors (Lipinski definition) is 1. The van der Waals surface area contributed by atoms with E-state index in [-0.39, 0.29) is 5.91 Å². The number of rotatable bonds is 5. The second kappa shape index (κ2) is 7.46. The number of ether oxygens (including phenoxy) is 1. The van der Waals surface area contributed by atoms with Crippen LogP contribution in [0.15, 0.2) is 24.3 Å². The van der Waals surface area contributed by atoms with E-state index in [0.717, 1.165) is 24.5 Å². The predicted octanol–water partition coefficient (Wildman–Crippen LogP) is 3.00. The molecular weight excluding hydrogens is 264 g/mol. The predicted molar refractivity (Wildman–Crippen MR) is 85.6 cm³/mol. The van der Waals surface area contributed by atoms with Crippen LogP contribution in [0.25, 0.3) is 0 Å². The Bertz CT molecular complexity index is 466. The third kappa shape index (κ3) is 4.74. The minimum Gasteiger partial charge on any atom is -0.492 e. The summed E-state index contributed by atoms with van der Waals surface area (Å²) in [6, 6.07) is 7.58. The number of carbonyl (C=O) groups is 1. The lowest BCUT2D eigenvalue weighted by atomic mass is 9.92. The highest BCUT2D eigenvalue weighted by atomic mass is 16.5. The standard InChI is InChI=1S/C17H26N2O2/c1-4-21-16-8-6-5-7-15(16)18-17(20)12-19-10-13(2)9-14(3)11-19/h5-8,13-14H,4,9-12H2,1-3H3,(H,18,20)/t13-,14-/m0/s1. The molecule has 1 saturated heterocycles. The van der Waals surface area contributed by atoms with Crippen molar-refractivity contribution >= 4 is 11.6 Å². The fourth-order valence-electron chi connectivity index (χ4n) is 3.17. The molecular formula is C17H26N2O2. The molecule has 1 aliphatic heterocycles. The van der Waals surface area contributed by atoms with E-state index in [1.807, 2.05) is 31.2 Å². The van der Waals surface area contributed by atoms with Gasteiger partial charge in [-0.2, -0.15) is 0 Å². The average molecular weight is 290 g/mol. The molecule has 1 aliphatic rings. The quantitative estimate of drug-likeness (QED) is 0.906. The van der Waals surface area contributed by atoms with Crippen molar-refractivity contribution in [3.8, 4) is 5.75 Å². The summed E-state index contributed by atoms with van der Waals surface area (Å²) in [7, 11) is 0. The van der Waals surface area contributed by atoms with Gasteiger partial charge in [0.1, 0.15) is 5.75 Å². The molecule has 0 spiro atoms.